The minimum Gasteiger partial charge on any atom is -0.481 e. The van der Waals surface area contributed by atoms with Gasteiger partial charge in [0, 0.05) is 24.7 Å². The highest BCUT2D eigenvalue weighted by Crippen LogP contribution is 2.27. The van der Waals surface area contributed by atoms with Crippen LogP contribution in [0.25, 0.3) is 0 Å². The fourth-order valence-electron chi connectivity index (χ4n) is 2.19. The summed E-state index contributed by atoms with van der Waals surface area (Å²) in [6, 6.07) is 3.39. The van der Waals surface area contributed by atoms with Gasteiger partial charge in [-0.3, -0.25) is 0 Å². The number of nitrogens with zero attached hydrogens (tertiary/aromatic N) is 2. The summed E-state index contributed by atoms with van der Waals surface area (Å²) in [5.41, 5.74) is 6.42. The third-order valence-corrected chi connectivity index (χ3v) is 3.28. The number of carbonyl (C=O) groups is 1. The first-order valence-corrected chi connectivity index (χ1v) is 5.86. The Morgan fingerprint density at radius 2 is 2.39 bits per heavy atom. The Morgan fingerprint density at radius 3 is 2.94 bits per heavy atom. The van der Waals surface area contributed by atoms with E-state index >= 15 is 0 Å². The smallest absolute Gasteiger partial charge is 0.315 e. The van der Waals surface area contributed by atoms with E-state index < -0.39 is 6.03 Å². The van der Waals surface area contributed by atoms with Crippen molar-refractivity contribution in [3.63, 3.8) is 0 Å². The first-order valence-electron chi connectivity index (χ1n) is 5.86. The molecule has 0 spiro atoms. The van der Waals surface area contributed by atoms with Gasteiger partial charge in [0.25, 0.3) is 0 Å². The monoisotopic (exact) mass is 247 g/mol. The molecule has 1 aliphatic heterocycles. The van der Waals surface area contributed by atoms with Crippen LogP contribution in [0.4, 0.5) is 4.79 Å². The zero-order valence-electron chi connectivity index (χ0n) is 10.5. The molecule has 0 saturated heterocycles. The average Bonchev–Trinajstić information content (AvgIpc) is 2.87. The molecule has 0 fully saturated rings. The van der Waals surface area contributed by atoms with Crippen molar-refractivity contribution >= 4 is 6.03 Å². The number of amides is 2. The minimum atomic E-state index is -0.390. The number of aromatic nitrogens is 1. The van der Waals surface area contributed by atoms with E-state index in [4.69, 9.17) is 10.5 Å². The third-order valence-electron chi connectivity index (χ3n) is 3.28. The molecule has 0 aliphatic carbocycles. The molecule has 1 aromatic heterocycles. The second kappa shape index (κ2) is 5.08. The van der Waals surface area contributed by atoms with Crippen molar-refractivity contribution in [3.05, 3.63) is 36.0 Å². The van der Waals surface area contributed by atoms with E-state index in [1.54, 1.807) is 18.2 Å². The number of methoxy groups -OCH3 is 1. The van der Waals surface area contributed by atoms with Gasteiger partial charge in [0.1, 0.15) is 0 Å². The molecule has 2 heterocycles. The lowest BCUT2D eigenvalue weighted by molar-refractivity contribution is 0.201. The number of rotatable bonds is 3. The molecule has 2 atom stereocenters. The Labute approximate surface area is 106 Å². The maximum absolute atomic E-state index is 11.3. The maximum atomic E-state index is 11.3. The lowest BCUT2D eigenvalue weighted by Crippen LogP contribution is -2.42. The summed E-state index contributed by atoms with van der Waals surface area (Å²) in [6.45, 7) is 2.63. The van der Waals surface area contributed by atoms with Crippen LogP contribution in [0.3, 0.4) is 0 Å². The highest BCUT2D eigenvalue weighted by molar-refractivity contribution is 5.73. The lowest BCUT2D eigenvalue weighted by Gasteiger charge is -2.28. The van der Waals surface area contributed by atoms with Crippen molar-refractivity contribution in [1.29, 1.82) is 0 Å². The van der Waals surface area contributed by atoms with Crippen molar-refractivity contribution in [3.8, 4) is 5.88 Å². The molecule has 2 unspecified atom stereocenters. The lowest BCUT2D eigenvalue weighted by atomic mass is 9.94. The third kappa shape index (κ3) is 2.30. The van der Waals surface area contributed by atoms with E-state index in [0.29, 0.717) is 12.4 Å². The molecular weight excluding hydrogens is 230 g/mol. The molecule has 0 saturated carbocycles. The van der Waals surface area contributed by atoms with Crippen LogP contribution in [0.5, 0.6) is 5.88 Å². The van der Waals surface area contributed by atoms with Crippen LogP contribution in [0.1, 0.15) is 18.4 Å². The van der Waals surface area contributed by atoms with Crippen molar-refractivity contribution in [2.24, 2.45) is 5.73 Å². The molecule has 2 amide bonds. The molecule has 2 rings (SSSR count). The Hall–Kier alpha value is -2.04. The summed E-state index contributed by atoms with van der Waals surface area (Å²) >= 11 is 0. The summed E-state index contributed by atoms with van der Waals surface area (Å²) in [5, 5.41) is 0. The zero-order chi connectivity index (χ0) is 13.1. The Bertz CT molecular complexity index is 456. The van der Waals surface area contributed by atoms with E-state index in [-0.39, 0.29) is 12.0 Å². The summed E-state index contributed by atoms with van der Waals surface area (Å²) in [5.74, 6) is 0.731. The van der Waals surface area contributed by atoms with Gasteiger partial charge < -0.3 is 15.4 Å². The fourth-order valence-corrected chi connectivity index (χ4v) is 2.19. The summed E-state index contributed by atoms with van der Waals surface area (Å²) in [7, 11) is 1.58. The van der Waals surface area contributed by atoms with Gasteiger partial charge in [-0.2, -0.15) is 0 Å². The quantitative estimate of drug-likeness (QED) is 0.823. The number of hydrogen-bond acceptors (Lipinski definition) is 3. The molecule has 0 radical (unpaired) electrons. The van der Waals surface area contributed by atoms with E-state index in [2.05, 4.69) is 11.9 Å². The SMILES string of the molecule is COc1ccc(C(C)C2C=CCN2C(N)=O)cn1. The first-order chi connectivity index (χ1) is 8.63. The summed E-state index contributed by atoms with van der Waals surface area (Å²) < 4.78 is 5.02. The highest BCUT2D eigenvalue weighted by atomic mass is 16.5. The van der Waals surface area contributed by atoms with Gasteiger partial charge in [0.15, 0.2) is 0 Å². The summed E-state index contributed by atoms with van der Waals surface area (Å²) in [4.78, 5) is 17.1. The van der Waals surface area contributed by atoms with Gasteiger partial charge in [-0.05, 0) is 5.56 Å². The number of carbonyl (C=O) groups excluding carboxylic acids is 1. The van der Waals surface area contributed by atoms with Crippen molar-refractivity contribution in [2.75, 3.05) is 13.7 Å². The van der Waals surface area contributed by atoms with Crippen LogP contribution in [-0.2, 0) is 0 Å². The molecule has 5 nitrogen and oxygen atoms in total. The average molecular weight is 247 g/mol. The second-order valence-electron chi connectivity index (χ2n) is 4.33. The van der Waals surface area contributed by atoms with E-state index in [0.717, 1.165) is 5.56 Å². The Balaban J connectivity index is 2.16. The Kier molecular flexibility index (Phi) is 3.50. The predicted octanol–water partition coefficient (Wildman–Crippen LogP) is 1.51. The van der Waals surface area contributed by atoms with Crippen molar-refractivity contribution in [1.82, 2.24) is 9.88 Å². The van der Waals surface area contributed by atoms with Crippen LogP contribution in [-0.4, -0.2) is 35.6 Å². The van der Waals surface area contributed by atoms with Gasteiger partial charge in [0.05, 0.1) is 13.2 Å². The number of hydrogen-bond donors (Lipinski definition) is 1. The van der Waals surface area contributed by atoms with Gasteiger partial charge >= 0.3 is 6.03 Å². The largest absolute Gasteiger partial charge is 0.481 e. The van der Waals surface area contributed by atoms with E-state index in [1.165, 1.54) is 0 Å². The molecule has 2 N–H and O–H groups in total. The van der Waals surface area contributed by atoms with Gasteiger partial charge in [-0.15, -0.1) is 0 Å². The Morgan fingerprint density at radius 1 is 1.61 bits per heavy atom. The number of primary amides is 1. The topological polar surface area (TPSA) is 68.5 Å². The van der Waals surface area contributed by atoms with Gasteiger partial charge in [-0.25, -0.2) is 9.78 Å². The number of nitrogens with two attached hydrogens (primary N) is 1. The fraction of sp³-hybridized carbons (Fsp3) is 0.385. The minimum absolute atomic E-state index is 0.00213. The zero-order valence-corrected chi connectivity index (χ0v) is 10.5. The first kappa shape index (κ1) is 12.4. The van der Waals surface area contributed by atoms with Crippen LogP contribution in [0, 0.1) is 0 Å². The maximum Gasteiger partial charge on any atom is 0.315 e. The van der Waals surface area contributed by atoms with Crippen molar-refractivity contribution < 1.29 is 9.53 Å². The number of pyridine rings is 1. The van der Waals surface area contributed by atoms with Gasteiger partial charge in [0.2, 0.25) is 5.88 Å². The van der Waals surface area contributed by atoms with Crippen molar-refractivity contribution in [2.45, 2.75) is 18.9 Å². The molecule has 0 aromatic carbocycles. The second-order valence-corrected chi connectivity index (χ2v) is 4.33. The molecule has 96 valence electrons. The highest BCUT2D eigenvalue weighted by Gasteiger charge is 2.28. The van der Waals surface area contributed by atoms with Crippen LogP contribution in [0.15, 0.2) is 30.5 Å². The number of ether oxygens (including phenoxy) is 1. The normalized spacial score (nSPS) is 19.9. The van der Waals surface area contributed by atoms with Crippen LogP contribution in [0.2, 0.25) is 0 Å². The van der Waals surface area contributed by atoms with Gasteiger partial charge in [-0.1, -0.05) is 25.1 Å². The van der Waals surface area contributed by atoms with E-state index in [9.17, 15) is 4.79 Å². The summed E-state index contributed by atoms with van der Waals surface area (Å²) in [6.07, 6.45) is 5.75. The standard InChI is InChI=1S/C13H17N3O2/c1-9(10-5-6-12(18-2)15-8-10)11-4-3-7-16(11)13(14)17/h3-6,8-9,11H,7H2,1-2H3,(H2,14,17). The van der Waals surface area contributed by atoms with E-state index in [1.807, 2.05) is 24.3 Å². The molecule has 0 bridgehead atoms. The molecular formula is C13H17N3O2. The number of urea groups is 1. The molecule has 1 aliphatic rings. The molecule has 5 heteroatoms. The predicted molar refractivity (Wildman–Crippen MR) is 68.4 cm³/mol. The molecule has 1 aromatic rings. The van der Waals surface area contributed by atoms with Crippen LogP contribution >= 0.6 is 0 Å². The van der Waals surface area contributed by atoms with Crippen LogP contribution < -0.4 is 10.5 Å². The molecule has 18 heavy (non-hydrogen) atoms.